The molecule has 0 radical (unpaired) electrons. The number of ether oxygens (including phenoxy) is 1. The maximum atomic E-state index is 12.8. The van der Waals surface area contributed by atoms with E-state index in [1.807, 2.05) is 62.5 Å². The largest absolute Gasteiger partial charge is 0.444 e. The SMILES string of the molecule is CC(C)(C)OC(=O)N1CCCC(C(=O)Nc2cccc(C#Cc3cccs3)c2)C1. The normalized spacial score (nSPS) is 16.5. The van der Waals surface area contributed by atoms with Gasteiger partial charge in [-0.2, -0.15) is 0 Å². The molecule has 1 aliphatic heterocycles. The number of thiophene rings is 1. The summed E-state index contributed by atoms with van der Waals surface area (Å²) in [6.45, 7) is 6.51. The van der Waals surface area contributed by atoms with Crippen molar-refractivity contribution in [3.8, 4) is 11.8 Å². The molecule has 0 aliphatic carbocycles. The molecule has 1 N–H and O–H groups in total. The first-order valence-corrected chi connectivity index (χ1v) is 10.6. The van der Waals surface area contributed by atoms with Gasteiger partial charge >= 0.3 is 6.09 Å². The van der Waals surface area contributed by atoms with Crippen LogP contribution in [0.15, 0.2) is 41.8 Å². The highest BCUT2D eigenvalue weighted by atomic mass is 32.1. The van der Waals surface area contributed by atoms with Crippen molar-refractivity contribution in [1.82, 2.24) is 4.90 Å². The van der Waals surface area contributed by atoms with E-state index in [2.05, 4.69) is 17.2 Å². The Morgan fingerprint density at radius 2 is 2.03 bits per heavy atom. The van der Waals surface area contributed by atoms with E-state index in [9.17, 15) is 9.59 Å². The monoisotopic (exact) mass is 410 g/mol. The van der Waals surface area contributed by atoms with Crippen LogP contribution >= 0.6 is 11.3 Å². The van der Waals surface area contributed by atoms with Crippen molar-refractivity contribution in [2.45, 2.75) is 39.2 Å². The van der Waals surface area contributed by atoms with Crippen LogP contribution in [0.3, 0.4) is 0 Å². The van der Waals surface area contributed by atoms with E-state index in [4.69, 9.17) is 4.74 Å². The Kier molecular flexibility index (Phi) is 6.60. The molecule has 1 unspecified atom stereocenters. The third-order valence-electron chi connectivity index (χ3n) is 4.43. The molecule has 6 heteroatoms. The highest BCUT2D eigenvalue weighted by molar-refractivity contribution is 7.10. The second-order valence-electron chi connectivity index (χ2n) is 8.06. The van der Waals surface area contributed by atoms with Crippen molar-refractivity contribution in [2.75, 3.05) is 18.4 Å². The second kappa shape index (κ2) is 9.15. The van der Waals surface area contributed by atoms with Gasteiger partial charge in [0.15, 0.2) is 0 Å². The Balaban J connectivity index is 1.61. The van der Waals surface area contributed by atoms with Crippen molar-refractivity contribution in [3.63, 3.8) is 0 Å². The smallest absolute Gasteiger partial charge is 0.410 e. The molecule has 3 rings (SSSR count). The number of likely N-dealkylation sites (tertiary alicyclic amines) is 1. The van der Waals surface area contributed by atoms with Crippen LogP contribution in [0, 0.1) is 17.8 Å². The predicted octanol–water partition coefficient (Wildman–Crippen LogP) is 4.73. The molecule has 152 valence electrons. The van der Waals surface area contributed by atoms with Crippen LogP contribution in [-0.4, -0.2) is 35.6 Å². The molecule has 0 saturated carbocycles. The van der Waals surface area contributed by atoms with Gasteiger partial charge in [0.2, 0.25) is 5.91 Å². The summed E-state index contributed by atoms with van der Waals surface area (Å²) in [7, 11) is 0. The van der Waals surface area contributed by atoms with Crippen molar-refractivity contribution in [1.29, 1.82) is 0 Å². The molecule has 0 bridgehead atoms. The van der Waals surface area contributed by atoms with Gasteiger partial charge in [0, 0.05) is 24.3 Å². The fourth-order valence-corrected chi connectivity index (χ4v) is 3.66. The van der Waals surface area contributed by atoms with E-state index in [-0.39, 0.29) is 17.9 Å². The maximum Gasteiger partial charge on any atom is 0.410 e. The number of nitrogens with one attached hydrogen (secondary N) is 1. The van der Waals surface area contributed by atoms with E-state index < -0.39 is 5.60 Å². The maximum absolute atomic E-state index is 12.8. The molecule has 1 aromatic heterocycles. The van der Waals surface area contributed by atoms with Gasteiger partial charge in [-0.1, -0.05) is 24.0 Å². The number of nitrogens with zero attached hydrogens (tertiary/aromatic N) is 1. The molecule has 2 amide bonds. The molecule has 1 atom stereocenters. The number of benzene rings is 1. The van der Waals surface area contributed by atoms with E-state index in [0.29, 0.717) is 18.8 Å². The zero-order valence-corrected chi connectivity index (χ0v) is 17.8. The summed E-state index contributed by atoms with van der Waals surface area (Å²) in [4.78, 5) is 27.7. The summed E-state index contributed by atoms with van der Waals surface area (Å²) in [6, 6.07) is 11.5. The molecule has 2 aromatic rings. The molecule has 1 aromatic carbocycles. The zero-order valence-electron chi connectivity index (χ0n) is 17.0. The van der Waals surface area contributed by atoms with Crippen LogP contribution in [0.5, 0.6) is 0 Å². The van der Waals surface area contributed by atoms with E-state index >= 15 is 0 Å². The summed E-state index contributed by atoms with van der Waals surface area (Å²) in [6.07, 6.45) is 1.17. The van der Waals surface area contributed by atoms with Crippen LogP contribution in [0.2, 0.25) is 0 Å². The third-order valence-corrected chi connectivity index (χ3v) is 5.21. The second-order valence-corrected chi connectivity index (χ2v) is 9.01. The fourth-order valence-electron chi connectivity index (χ4n) is 3.09. The van der Waals surface area contributed by atoms with E-state index in [0.717, 1.165) is 23.3 Å². The molecular weight excluding hydrogens is 384 g/mol. The standard InChI is InChI=1S/C23H26N2O3S/c1-23(2,3)28-22(27)25-13-5-8-18(16-25)21(26)24-19-9-4-7-17(15-19)11-12-20-10-6-14-29-20/h4,6-7,9-10,14-15,18H,5,8,13,16H2,1-3H3,(H,24,26). The Bertz CT molecular complexity index is 920. The zero-order chi connectivity index (χ0) is 20.9. The number of hydrogen-bond donors (Lipinski definition) is 1. The Labute approximate surface area is 176 Å². The average molecular weight is 411 g/mol. The lowest BCUT2D eigenvalue weighted by Crippen LogP contribution is -2.45. The number of piperidine rings is 1. The first kappa shape index (κ1) is 20.9. The third kappa shape index (κ3) is 6.37. The number of anilines is 1. The highest BCUT2D eigenvalue weighted by Crippen LogP contribution is 2.21. The van der Waals surface area contributed by atoms with E-state index in [1.54, 1.807) is 16.2 Å². The Hall–Kier alpha value is -2.78. The lowest BCUT2D eigenvalue weighted by atomic mass is 9.97. The van der Waals surface area contributed by atoms with Crippen LogP contribution in [0.4, 0.5) is 10.5 Å². The van der Waals surface area contributed by atoms with Crippen molar-refractivity contribution < 1.29 is 14.3 Å². The topological polar surface area (TPSA) is 58.6 Å². The van der Waals surface area contributed by atoms with Gasteiger partial charge in [0.25, 0.3) is 0 Å². The van der Waals surface area contributed by atoms with Crippen LogP contribution in [0.1, 0.15) is 44.1 Å². The van der Waals surface area contributed by atoms with Crippen LogP contribution in [-0.2, 0) is 9.53 Å². The van der Waals surface area contributed by atoms with Gasteiger partial charge in [-0.25, -0.2) is 4.79 Å². The molecule has 1 fully saturated rings. The number of carbonyl (C=O) groups excluding carboxylic acids is 2. The summed E-state index contributed by atoms with van der Waals surface area (Å²) in [5.41, 5.74) is 1.01. The van der Waals surface area contributed by atoms with Gasteiger partial charge < -0.3 is 15.0 Å². The summed E-state index contributed by atoms with van der Waals surface area (Å²) >= 11 is 1.60. The number of carbonyl (C=O) groups is 2. The summed E-state index contributed by atoms with van der Waals surface area (Å²) in [5.74, 6) is 5.91. The van der Waals surface area contributed by atoms with Crippen molar-refractivity contribution in [2.24, 2.45) is 5.92 Å². The van der Waals surface area contributed by atoms with Gasteiger partial charge in [-0.3, -0.25) is 4.79 Å². The van der Waals surface area contributed by atoms with Crippen LogP contribution < -0.4 is 5.32 Å². The number of rotatable bonds is 2. The lowest BCUT2D eigenvalue weighted by Gasteiger charge is -2.33. The molecular formula is C23H26N2O3S. The number of amides is 2. The molecule has 5 nitrogen and oxygen atoms in total. The van der Waals surface area contributed by atoms with E-state index in [1.165, 1.54) is 0 Å². The van der Waals surface area contributed by atoms with Crippen LogP contribution in [0.25, 0.3) is 0 Å². The van der Waals surface area contributed by atoms with Gasteiger partial charge in [0.05, 0.1) is 10.8 Å². The lowest BCUT2D eigenvalue weighted by molar-refractivity contribution is -0.121. The molecule has 0 spiro atoms. The quantitative estimate of drug-likeness (QED) is 0.728. The van der Waals surface area contributed by atoms with Gasteiger partial charge in [-0.15, -0.1) is 11.3 Å². The van der Waals surface area contributed by atoms with Gasteiger partial charge in [0.1, 0.15) is 5.60 Å². The summed E-state index contributed by atoms with van der Waals surface area (Å²) in [5, 5.41) is 4.96. The Morgan fingerprint density at radius 3 is 2.76 bits per heavy atom. The highest BCUT2D eigenvalue weighted by Gasteiger charge is 2.31. The minimum Gasteiger partial charge on any atom is -0.444 e. The minimum absolute atomic E-state index is 0.0818. The molecule has 29 heavy (non-hydrogen) atoms. The van der Waals surface area contributed by atoms with Crippen molar-refractivity contribution >= 4 is 29.0 Å². The van der Waals surface area contributed by atoms with Crippen molar-refractivity contribution in [3.05, 3.63) is 52.2 Å². The average Bonchev–Trinajstić information content (AvgIpc) is 3.19. The minimum atomic E-state index is -0.545. The molecule has 1 saturated heterocycles. The fraction of sp³-hybridized carbons (Fsp3) is 0.391. The predicted molar refractivity (Wildman–Crippen MR) is 116 cm³/mol. The number of hydrogen-bond acceptors (Lipinski definition) is 4. The summed E-state index contributed by atoms with van der Waals surface area (Å²) < 4.78 is 5.44. The Morgan fingerprint density at radius 1 is 1.21 bits per heavy atom. The first-order valence-electron chi connectivity index (χ1n) is 9.74. The molecule has 1 aliphatic rings. The van der Waals surface area contributed by atoms with Gasteiger partial charge in [-0.05, 0) is 63.3 Å². The first-order chi connectivity index (χ1) is 13.8. The molecule has 2 heterocycles.